The molecule has 2 aliphatic heterocycles. The fraction of sp³-hybridized carbons (Fsp3) is 0.353. The minimum atomic E-state index is -0.797. The first kappa shape index (κ1) is 16.7. The number of esters is 1. The summed E-state index contributed by atoms with van der Waals surface area (Å²) in [6.45, 7) is 0.145. The van der Waals surface area contributed by atoms with Crippen LogP contribution in [0.5, 0.6) is 11.5 Å². The molecule has 0 bridgehead atoms. The zero-order valence-electron chi connectivity index (χ0n) is 13.9. The highest BCUT2D eigenvalue weighted by atomic mass is 35.5. The Labute approximate surface area is 154 Å². The first-order valence-corrected chi connectivity index (χ1v) is 8.54. The van der Waals surface area contributed by atoms with Crippen molar-refractivity contribution in [3.05, 3.63) is 41.5 Å². The van der Waals surface area contributed by atoms with Gasteiger partial charge in [0.2, 0.25) is 12.7 Å². The van der Waals surface area contributed by atoms with Crippen LogP contribution in [0.2, 0.25) is 0 Å². The summed E-state index contributed by atoms with van der Waals surface area (Å²) in [6, 6.07) is 4.00. The van der Waals surface area contributed by atoms with Gasteiger partial charge in [-0.25, -0.2) is 9.78 Å². The Morgan fingerprint density at radius 3 is 2.96 bits per heavy atom. The van der Waals surface area contributed by atoms with E-state index in [1.54, 1.807) is 18.5 Å². The molecule has 0 fully saturated rings. The average Bonchev–Trinajstić information content (AvgIpc) is 3.33. The molecule has 3 heterocycles. The number of H-pyrrole nitrogens is 1. The Bertz CT molecular complexity index is 868. The van der Waals surface area contributed by atoms with Crippen LogP contribution in [-0.4, -0.2) is 52.6 Å². The molecule has 1 aromatic heterocycles. The predicted octanol–water partition coefficient (Wildman–Crippen LogP) is 1.39. The van der Waals surface area contributed by atoms with Crippen molar-refractivity contribution in [1.29, 1.82) is 0 Å². The number of imidazole rings is 1. The van der Waals surface area contributed by atoms with Crippen molar-refractivity contribution >= 4 is 23.5 Å². The molecule has 0 saturated carbocycles. The third-order valence-electron chi connectivity index (χ3n) is 4.61. The topological polar surface area (TPSA) is 93.8 Å². The number of nitrogens with one attached hydrogen (secondary N) is 1. The van der Waals surface area contributed by atoms with Crippen molar-refractivity contribution in [2.45, 2.75) is 18.5 Å². The van der Waals surface area contributed by atoms with E-state index in [-0.39, 0.29) is 25.0 Å². The fourth-order valence-corrected chi connectivity index (χ4v) is 3.59. The lowest BCUT2D eigenvalue weighted by atomic mass is 9.91. The second kappa shape index (κ2) is 6.53. The molecule has 2 aromatic rings. The van der Waals surface area contributed by atoms with Gasteiger partial charge in [-0.2, -0.15) is 0 Å². The van der Waals surface area contributed by atoms with Crippen molar-refractivity contribution in [1.82, 2.24) is 14.9 Å². The van der Waals surface area contributed by atoms with Crippen LogP contribution in [0.3, 0.4) is 0 Å². The molecule has 26 heavy (non-hydrogen) atoms. The SMILES string of the molecule is COC(=O)[C@H]1Cc2[nH]cnc2[C@@H](c2ccc3c(c2)OCO3)N1C(=O)CCl. The highest BCUT2D eigenvalue weighted by Crippen LogP contribution is 2.41. The maximum atomic E-state index is 12.6. The molecular weight excluding hydrogens is 362 g/mol. The summed E-state index contributed by atoms with van der Waals surface area (Å²) in [4.78, 5) is 33.9. The van der Waals surface area contributed by atoms with E-state index >= 15 is 0 Å². The number of aromatic amines is 1. The summed E-state index contributed by atoms with van der Waals surface area (Å²) >= 11 is 5.83. The Kier molecular flexibility index (Phi) is 4.20. The Morgan fingerprint density at radius 1 is 1.38 bits per heavy atom. The fourth-order valence-electron chi connectivity index (χ4n) is 3.46. The van der Waals surface area contributed by atoms with Crippen LogP contribution in [0.1, 0.15) is 23.0 Å². The van der Waals surface area contributed by atoms with Crippen LogP contribution in [-0.2, 0) is 20.7 Å². The lowest BCUT2D eigenvalue weighted by Gasteiger charge is -2.39. The van der Waals surface area contributed by atoms with E-state index in [2.05, 4.69) is 9.97 Å². The number of hydrogen-bond acceptors (Lipinski definition) is 6. The number of halogens is 1. The van der Waals surface area contributed by atoms with E-state index in [0.717, 1.165) is 11.3 Å². The summed E-state index contributed by atoms with van der Waals surface area (Å²) < 4.78 is 15.7. The minimum Gasteiger partial charge on any atom is -0.467 e. The van der Waals surface area contributed by atoms with Gasteiger partial charge in [-0.15, -0.1) is 11.6 Å². The third-order valence-corrected chi connectivity index (χ3v) is 4.84. The number of amides is 1. The van der Waals surface area contributed by atoms with Crippen molar-refractivity contribution in [3.63, 3.8) is 0 Å². The maximum Gasteiger partial charge on any atom is 0.329 e. The van der Waals surface area contributed by atoms with Gasteiger partial charge in [0.05, 0.1) is 19.1 Å². The van der Waals surface area contributed by atoms with Crippen molar-refractivity contribution in [2.24, 2.45) is 0 Å². The molecule has 0 radical (unpaired) electrons. The third kappa shape index (κ3) is 2.57. The predicted molar refractivity (Wildman–Crippen MR) is 90.1 cm³/mol. The number of rotatable bonds is 3. The first-order chi connectivity index (χ1) is 12.6. The zero-order valence-corrected chi connectivity index (χ0v) is 14.7. The number of alkyl halides is 1. The smallest absolute Gasteiger partial charge is 0.329 e. The molecule has 8 nitrogen and oxygen atoms in total. The van der Waals surface area contributed by atoms with Crippen molar-refractivity contribution < 1.29 is 23.8 Å². The molecule has 1 N–H and O–H groups in total. The molecule has 1 aromatic carbocycles. The molecule has 2 aliphatic rings. The summed E-state index contributed by atoms with van der Waals surface area (Å²) in [5.41, 5.74) is 2.19. The highest BCUT2D eigenvalue weighted by molar-refractivity contribution is 6.27. The highest BCUT2D eigenvalue weighted by Gasteiger charge is 2.43. The number of benzene rings is 1. The van der Waals surface area contributed by atoms with Crippen molar-refractivity contribution in [3.8, 4) is 11.5 Å². The molecule has 0 spiro atoms. The second-order valence-electron chi connectivity index (χ2n) is 5.96. The Morgan fingerprint density at radius 2 is 2.19 bits per heavy atom. The largest absolute Gasteiger partial charge is 0.467 e. The van der Waals surface area contributed by atoms with Gasteiger partial charge < -0.3 is 24.1 Å². The second-order valence-corrected chi connectivity index (χ2v) is 6.23. The summed E-state index contributed by atoms with van der Waals surface area (Å²) in [5, 5.41) is 0. The first-order valence-electron chi connectivity index (χ1n) is 8.00. The monoisotopic (exact) mass is 377 g/mol. The van der Waals surface area contributed by atoms with E-state index in [0.29, 0.717) is 17.2 Å². The van der Waals surface area contributed by atoms with Crippen molar-refractivity contribution in [2.75, 3.05) is 19.8 Å². The van der Waals surface area contributed by atoms with Gasteiger partial charge in [-0.1, -0.05) is 6.07 Å². The summed E-state index contributed by atoms with van der Waals surface area (Å²) in [7, 11) is 1.30. The standard InChI is InChI=1S/C17H16ClN3O5/c1-24-17(23)11-5-10-15(20-7-19-10)16(21(11)14(22)6-18)9-2-3-12-13(4-9)26-8-25-12/h2-4,7,11,16H,5-6,8H2,1H3,(H,19,20)/t11-,16-/m1/s1. The number of fused-ring (bicyclic) bond motifs is 2. The number of hydrogen-bond donors (Lipinski definition) is 1. The molecule has 0 aliphatic carbocycles. The quantitative estimate of drug-likeness (QED) is 0.641. The van der Waals surface area contributed by atoms with Crippen LogP contribution in [0.15, 0.2) is 24.5 Å². The van der Waals surface area contributed by atoms with Gasteiger partial charge >= 0.3 is 5.97 Å². The normalized spacial score (nSPS) is 20.6. The Hall–Kier alpha value is -2.74. The molecule has 0 unspecified atom stereocenters. The number of methoxy groups -OCH3 is 1. The van der Waals surface area contributed by atoms with Crippen LogP contribution < -0.4 is 9.47 Å². The van der Waals surface area contributed by atoms with Crippen LogP contribution in [0.4, 0.5) is 0 Å². The van der Waals surface area contributed by atoms with Gasteiger partial charge in [-0.3, -0.25) is 4.79 Å². The van der Waals surface area contributed by atoms with Gasteiger partial charge in [0, 0.05) is 12.1 Å². The van der Waals surface area contributed by atoms with Crippen LogP contribution in [0, 0.1) is 0 Å². The van der Waals surface area contributed by atoms with Crippen LogP contribution in [0.25, 0.3) is 0 Å². The van der Waals surface area contributed by atoms with Crippen LogP contribution >= 0.6 is 11.6 Å². The maximum absolute atomic E-state index is 12.6. The van der Waals surface area contributed by atoms with E-state index in [1.165, 1.54) is 12.0 Å². The summed E-state index contributed by atoms with van der Waals surface area (Å²) in [5.74, 6) is 0.0753. The molecular formula is C17H16ClN3O5. The number of carbonyl (C=O) groups is 2. The average molecular weight is 378 g/mol. The molecule has 0 saturated heterocycles. The molecule has 4 rings (SSSR count). The van der Waals surface area contributed by atoms with Gasteiger partial charge in [0.15, 0.2) is 11.5 Å². The molecule has 1 amide bonds. The zero-order chi connectivity index (χ0) is 18.3. The molecule has 9 heteroatoms. The summed E-state index contributed by atoms with van der Waals surface area (Å²) in [6.07, 6.45) is 1.83. The number of nitrogens with zero attached hydrogens (tertiary/aromatic N) is 2. The van der Waals surface area contributed by atoms with E-state index in [9.17, 15) is 9.59 Å². The number of aromatic nitrogens is 2. The van der Waals surface area contributed by atoms with Gasteiger partial charge in [-0.05, 0) is 17.7 Å². The Balaban J connectivity index is 1.85. The number of ether oxygens (including phenoxy) is 3. The minimum absolute atomic E-state index is 0.145. The number of carbonyl (C=O) groups excluding carboxylic acids is 2. The van der Waals surface area contributed by atoms with E-state index < -0.39 is 18.1 Å². The van der Waals surface area contributed by atoms with E-state index in [4.69, 9.17) is 25.8 Å². The van der Waals surface area contributed by atoms with Gasteiger partial charge in [0.25, 0.3) is 0 Å². The lowest BCUT2D eigenvalue weighted by Crippen LogP contribution is -2.52. The lowest BCUT2D eigenvalue weighted by molar-refractivity contribution is -0.154. The molecule has 136 valence electrons. The van der Waals surface area contributed by atoms with E-state index in [1.807, 2.05) is 6.07 Å². The molecule has 2 atom stereocenters. The van der Waals surface area contributed by atoms with Gasteiger partial charge in [0.1, 0.15) is 18.0 Å².